The van der Waals surface area contributed by atoms with Gasteiger partial charge >= 0.3 is 0 Å². The van der Waals surface area contributed by atoms with Gasteiger partial charge in [-0.3, -0.25) is 14.5 Å². The molecule has 2 amide bonds. The van der Waals surface area contributed by atoms with Crippen molar-refractivity contribution in [1.82, 2.24) is 0 Å². The van der Waals surface area contributed by atoms with E-state index in [1.54, 1.807) is 24.3 Å². The first-order valence-corrected chi connectivity index (χ1v) is 4.73. The molecule has 0 saturated carbocycles. The molecule has 16 heavy (non-hydrogen) atoms. The average molecular weight is 216 g/mol. The third-order valence-corrected chi connectivity index (χ3v) is 2.32. The molecule has 2 rings (SSSR count). The second-order valence-electron chi connectivity index (χ2n) is 3.33. The highest BCUT2D eigenvalue weighted by Crippen LogP contribution is 2.24. The van der Waals surface area contributed by atoms with Crippen LogP contribution in [0.2, 0.25) is 0 Å². The maximum atomic E-state index is 11.4. The maximum Gasteiger partial charge on any atom is 0.234 e. The molecule has 0 bridgehead atoms. The number of carbonyl (C=O) groups excluding carboxylic acids is 2. The van der Waals surface area contributed by atoms with E-state index in [0.29, 0.717) is 11.4 Å². The Morgan fingerprint density at radius 2 is 1.69 bits per heavy atom. The first kappa shape index (κ1) is 10.2. The highest BCUT2D eigenvalue weighted by atomic mass is 16.2. The fraction of sp³-hybridized carbons (Fsp3) is 0.200. The molecule has 0 aromatic heterocycles. The highest BCUT2D eigenvalue weighted by molar-refractivity contribution is 6.19. The lowest BCUT2D eigenvalue weighted by Gasteiger charge is -2.13. The molecule has 1 aromatic carbocycles. The van der Waals surface area contributed by atoms with Crippen LogP contribution in [-0.4, -0.2) is 11.8 Å². The van der Waals surface area contributed by atoms with E-state index in [0.717, 1.165) is 4.90 Å². The monoisotopic (exact) mass is 216 g/mol. The maximum absolute atomic E-state index is 11.4. The SMILES string of the molecule is [N-]=[N+]=Nc1ccc(N2C(=O)CCC2=O)cc1. The molecule has 0 unspecified atom stereocenters. The Balaban J connectivity index is 2.31. The number of hydrogen-bond donors (Lipinski definition) is 0. The van der Waals surface area contributed by atoms with Crippen LogP contribution in [0.3, 0.4) is 0 Å². The van der Waals surface area contributed by atoms with Crippen LogP contribution in [0, 0.1) is 0 Å². The summed E-state index contributed by atoms with van der Waals surface area (Å²) in [5, 5.41) is 3.40. The van der Waals surface area contributed by atoms with Crippen LogP contribution >= 0.6 is 0 Å². The minimum atomic E-state index is -0.193. The lowest BCUT2D eigenvalue weighted by molar-refractivity contribution is -0.121. The van der Waals surface area contributed by atoms with E-state index in [1.165, 1.54) is 0 Å². The smallest absolute Gasteiger partial charge is 0.234 e. The molecule has 1 aliphatic rings. The van der Waals surface area contributed by atoms with Crippen molar-refractivity contribution >= 4 is 23.2 Å². The van der Waals surface area contributed by atoms with Gasteiger partial charge in [0.15, 0.2) is 0 Å². The van der Waals surface area contributed by atoms with E-state index in [4.69, 9.17) is 5.53 Å². The molecule has 0 radical (unpaired) electrons. The number of hydrogen-bond acceptors (Lipinski definition) is 3. The summed E-state index contributed by atoms with van der Waals surface area (Å²) in [6.45, 7) is 0. The second kappa shape index (κ2) is 4.04. The second-order valence-corrected chi connectivity index (χ2v) is 3.33. The summed E-state index contributed by atoms with van der Waals surface area (Å²) >= 11 is 0. The van der Waals surface area contributed by atoms with Gasteiger partial charge in [-0.2, -0.15) is 0 Å². The number of benzene rings is 1. The lowest BCUT2D eigenvalue weighted by atomic mass is 10.2. The third-order valence-electron chi connectivity index (χ3n) is 2.32. The summed E-state index contributed by atoms with van der Waals surface area (Å²) in [7, 11) is 0. The number of carbonyl (C=O) groups is 2. The first-order valence-electron chi connectivity index (χ1n) is 4.73. The van der Waals surface area contributed by atoms with E-state index in [2.05, 4.69) is 10.0 Å². The van der Waals surface area contributed by atoms with Crippen LogP contribution in [0.1, 0.15) is 12.8 Å². The van der Waals surface area contributed by atoms with Crippen molar-refractivity contribution in [3.05, 3.63) is 34.7 Å². The number of amides is 2. The molecule has 6 nitrogen and oxygen atoms in total. The standard InChI is InChI=1S/C10H8N4O2/c11-13-12-7-1-3-8(4-2-7)14-9(15)5-6-10(14)16/h1-4H,5-6H2. The number of rotatable bonds is 2. The fourth-order valence-electron chi connectivity index (χ4n) is 1.58. The largest absolute Gasteiger partial charge is 0.274 e. The number of nitrogens with zero attached hydrogens (tertiary/aromatic N) is 4. The Labute approximate surface area is 91.1 Å². The van der Waals surface area contributed by atoms with E-state index in [9.17, 15) is 9.59 Å². The molecular formula is C10H8N4O2. The number of imide groups is 1. The topological polar surface area (TPSA) is 86.1 Å². The van der Waals surface area contributed by atoms with Crippen LogP contribution in [0.25, 0.3) is 10.4 Å². The van der Waals surface area contributed by atoms with Gasteiger partial charge in [-0.05, 0) is 17.7 Å². The molecule has 1 aliphatic heterocycles. The van der Waals surface area contributed by atoms with Gasteiger partial charge in [0.2, 0.25) is 11.8 Å². The molecule has 6 heteroatoms. The van der Waals surface area contributed by atoms with E-state index < -0.39 is 0 Å². The van der Waals surface area contributed by atoms with Crippen molar-refractivity contribution in [3.8, 4) is 0 Å². The normalized spacial score (nSPS) is 15.1. The fourth-order valence-corrected chi connectivity index (χ4v) is 1.58. The van der Waals surface area contributed by atoms with Crippen molar-refractivity contribution < 1.29 is 9.59 Å². The van der Waals surface area contributed by atoms with Crippen molar-refractivity contribution in [3.63, 3.8) is 0 Å². The number of anilines is 1. The molecule has 0 atom stereocenters. The Kier molecular flexibility index (Phi) is 2.57. The Bertz CT molecular complexity index is 472. The van der Waals surface area contributed by atoms with Crippen LogP contribution in [0.15, 0.2) is 29.4 Å². The Morgan fingerprint density at radius 1 is 1.12 bits per heavy atom. The predicted octanol–water partition coefficient (Wildman–Crippen LogP) is 2.28. The van der Waals surface area contributed by atoms with Crippen molar-refractivity contribution in [2.75, 3.05) is 4.90 Å². The van der Waals surface area contributed by atoms with Crippen LogP contribution in [0.5, 0.6) is 0 Å². The van der Waals surface area contributed by atoms with Crippen molar-refractivity contribution in [2.45, 2.75) is 12.8 Å². The molecule has 1 fully saturated rings. The zero-order valence-electron chi connectivity index (χ0n) is 8.33. The first-order chi connectivity index (χ1) is 7.72. The van der Waals surface area contributed by atoms with Gasteiger partial charge in [0.1, 0.15) is 0 Å². The van der Waals surface area contributed by atoms with Crippen LogP contribution in [0.4, 0.5) is 11.4 Å². The molecule has 1 aromatic rings. The quantitative estimate of drug-likeness (QED) is 0.328. The zero-order valence-corrected chi connectivity index (χ0v) is 8.33. The number of azide groups is 1. The van der Waals surface area contributed by atoms with Gasteiger partial charge in [-0.25, -0.2) is 0 Å². The third kappa shape index (κ3) is 1.74. The van der Waals surface area contributed by atoms with Gasteiger partial charge in [-0.15, -0.1) is 0 Å². The van der Waals surface area contributed by atoms with Gasteiger partial charge < -0.3 is 0 Å². The van der Waals surface area contributed by atoms with Crippen LogP contribution in [-0.2, 0) is 9.59 Å². The predicted molar refractivity (Wildman–Crippen MR) is 57.0 cm³/mol. The molecular weight excluding hydrogens is 208 g/mol. The molecule has 1 saturated heterocycles. The molecule has 1 heterocycles. The summed E-state index contributed by atoms with van der Waals surface area (Å²) in [5.74, 6) is -0.386. The molecule has 0 N–H and O–H groups in total. The van der Waals surface area contributed by atoms with Gasteiger partial charge in [-0.1, -0.05) is 17.2 Å². The van der Waals surface area contributed by atoms with E-state index in [1.807, 2.05) is 0 Å². The highest BCUT2D eigenvalue weighted by Gasteiger charge is 2.29. The lowest BCUT2D eigenvalue weighted by Crippen LogP contribution is -2.28. The summed E-state index contributed by atoms with van der Waals surface area (Å²) in [6.07, 6.45) is 0.522. The van der Waals surface area contributed by atoms with Crippen molar-refractivity contribution in [2.24, 2.45) is 5.11 Å². The Hall–Kier alpha value is -2.33. The molecule has 0 spiro atoms. The van der Waals surface area contributed by atoms with Crippen LogP contribution < -0.4 is 4.90 Å². The average Bonchev–Trinajstić information content (AvgIpc) is 2.61. The van der Waals surface area contributed by atoms with Gasteiger partial charge in [0.25, 0.3) is 0 Å². The van der Waals surface area contributed by atoms with Gasteiger partial charge in [0.05, 0.1) is 5.69 Å². The Morgan fingerprint density at radius 3 is 2.19 bits per heavy atom. The summed E-state index contributed by atoms with van der Waals surface area (Å²) in [6, 6.07) is 6.30. The minimum absolute atomic E-state index is 0.193. The summed E-state index contributed by atoms with van der Waals surface area (Å²) < 4.78 is 0. The van der Waals surface area contributed by atoms with Gasteiger partial charge in [0, 0.05) is 23.4 Å². The van der Waals surface area contributed by atoms with E-state index in [-0.39, 0.29) is 24.7 Å². The van der Waals surface area contributed by atoms with Crippen molar-refractivity contribution in [1.29, 1.82) is 0 Å². The molecule has 0 aliphatic carbocycles. The zero-order chi connectivity index (χ0) is 11.5. The molecule has 80 valence electrons. The summed E-state index contributed by atoms with van der Waals surface area (Å²) in [5.41, 5.74) is 9.19. The summed E-state index contributed by atoms with van der Waals surface area (Å²) in [4.78, 5) is 26.6. The van der Waals surface area contributed by atoms with E-state index >= 15 is 0 Å². The minimum Gasteiger partial charge on any atom is -0.274 e.